The fourth-order valence-electron chi connectivity index (χ4n) is 1.43. The number of benzene rings is 1. The van der Waals surface area contributed by atoms with Gasteiger partial charge in [-0.3, -0.25) is 0 Å². The lowest BCUT2D eigenvalue weighted by molar-refractivity contribution is 0.0500. The number of aromatic nitrogens is 2. The van der Waals surface area contributed by atoms with Gasteiger partial charge in [0.05, 0.1) is 13.3 Å². The minimum absolute atomic E-state index is 0.201. The van der Waals surface area contributed by atoms with Gasteiger partial charge in [0.1, 0.15) is 5.75 Å². The highest BCUT2D eigenvalue weighted by atomic mass is 16.7. The zero-order valence-corrected chi connectivity index (χ0v) is 10.6. The third kappa shape index (κ3) is 3.19. The number of hydrogen-bond donors (Lipinski definition) is 0. The first kappa shape index (κ1) is 12.8. The van der Waals surface area contributed by atoms with Crippen molar-refractivity contribution in [2.75, 3.05) is 7.11 Å². The minimum Gasteiger partial charge on any atom is -0.497 e. The molecule has 98 valence electrons. The molecule has 0 aliphatic rings. The van der Waals surface area contributed by atoms with E-state index in [0.717, 1.165) is 11.3 Å². The number of ether oxygens (including phenoxy) is 1. The highest BCUT2D eigenvalue weighted by Crippen LogP contribution is 2.09. The zero-order valence-electron chi connectivity index (χ0n) is 10.6. The van der Waals surface area contributed by atoms with Crippen molar-refractivity contribution in [1.29, 1.82) is 0 Å². The summed E-state index contributed by atoms with van der Waals surface area (Å²) in [5, 5.41) is 3.63. The van der Waals surface area contributed by atoms with Gasteiger partial charge in [0.15, 0.2) is 0 Å². The molecule has 0 spiro atoms. The van der Waals surface area contributed by atoms with Crippen LogP contribution in [0, 0.1) is 0 Å². The lowest BCUT2D eigenvalue weighted by Crippen LogP contribution is -2.08. The first-order valence-electron chi connectivity index (χ1n) is 5.57. The molecule has 19 heavy (non-hydrogen) atoms. The standard InChI is InChI=1S/C13H13N3O3/c1-16-8-7-14-12(16)13(17)19-15-9-10-3-5-11(18-2)6-4-10/h3-9H,1-2H3. The number of oxime groups is 1. The summed E-state index contributed by atoms with van der Waals surface area (Å²) in [5.74, 6) is 0.353. The van der Waals surface area contributed by atoms with E-state index in [1.807, 2.05) is 0 Å². The Balaban J connectivity index is 1.96. The van der Waals surface area contributed by atoms with Crippen molar-refractivity contribution >= 4 is 12.2 Å². The maximum atomic E-state index is 11.6. The van der Waals surface area contributed by atoms with Crippen molar-refractivity contribution in [3.8, 4) is 5.75 Å². The Kier molecular flexibility index (Phi) is 3.92. The molecule has 2 aromatic rings. The Morgan fingerprint density at radius 2 is 2.11 bits per heavy atom. The molecule has 1 heterocycles. The maximum Gasteiger partial charge on any atom is 0.400 e. The SMILES string of the molecule is COc1ccc(C=NOC(=O)c2nccn2C)cc1. The number of carbonyl (C=O) groups is 1. The van der Waals surface area contributed by atoms with E-state index in [9.17, 15) is 4.79 Å². The second-order valence-corrected chi connectivity index (χ2v) is 3.75. The average molecular weight is 259 g/mol. The van der Waals surface area contributed by atoms with Crippen LogP contribution in [-0.2, 0) is 11.9 Å². The van der Waals surface area contributed by atoms with E-state index in [4.69, 9.17) is 9.57 Å². The second-order valence-electron chi connectivity index (χ2n) is 3.75. The van der Waals surface area contributed by atoms with Crippen molar-refractivity contribution in [3.63, 3.8) is 0 Å². The van der Waals surface area contributed by atoms with Crippen LogP contribution in [0.3, 0.4) is 0 Å². The largest absolute Gasteiger partial charge is 0.497 e. The first-order valence-corrected chi connectivity index (χ1v) is 5.57. The summed E-state index contributed by atoms with van der Waals surface area (Å²) >= 11 is 0. The van der Waals surface area contributed by atoms with Crippen molar-refractivity contribution in [2.45, 2.75) is 0 Å². The first-order chi connectivity index (χ1) is 9.20. The lowest BCUT2D eigenvalue weighted by Gasteiger charge is -1.99. The Morgan fingerprint density at radius 3 is 2.68 bits per heavy atom. The van der Waals surface area contributed by atoms with E-state index in [1.165, 1.54) is 12.4 Å². The molecule has 2 rings (SSSR count). The van der Waals surface area contributed by atoms with Gasteiger partial charge in [-0.25, -0.2) is 9.78 Å². The van der Waals surface area contributed by atoms with Crippen LogP contribution in [0.15, 0.2) is 41.8 Å². The number of carbonyl (C=O) groups excluding carboxylic acids is 1. The average Bonchev–Trinajstić information content (AvgIpc) is 2.86. The van der Waals surface area contributed by atoms with Crippen LogP contribution in [0.4, 0.5) is 0 Å². The smallest absolute Gasteiger partial charge is 0.400 e. The van der Waals surface area contributed by atoms with E-state index in [2.05, 4.69) is 10.1 Å². The van der Waals surface area contributed by atoms with Crippen molar-refractivity contribution < 1.29 is 14.4 Å². The Labute approximate surface area is 110 Å². The lowest BCUT2D eigenvalue weighted by atomic mass is 10.2. The molecule has 6 nitrogen and oxygen atoms in total. The van der Waals surface area contributed by atoms with Crippen LogP contribution >= 0.6 is 0 Å². The summed E-state index contributed by atoms with van der Waals surface area (Å²) in [7, 11) is 3.30. The van der Waals surface area contributed by atoms with Gasteiger partial charge in [-0.2, -0.15) is 0 Å². The summed E-state index contributed by atoms with van der Waals surface area (Å²) in [6.07, 6.45) is 4.62. The van der Waals surface area contributed by atoms with E-state index in [-0.39, 0.29) is 5.82 Å². The van der Waals surface area contributed by atoms with Gasteiger partial charge in [-0.05, 0) is 29.8 Å². The molecular formula is C13H13N3O3. The normalized spacial score (nSPS) is 10.6. The quantitative estimate of drug-likeness (QED) is 0.475. The van der Waals surface area contributed by atoms with Gasteiger partial charge < -0.3 is 14.1 Å². The predicted molar refractivity (Wildman–Crippen MR) is 69.2 cm³/mol. The van der Waals surface area contributed by atoms with E-state index in [1.54, 1.807) is 49.2 Å². The molecule has 0 saturated carbocycles. The molecule has 1 aromatic carbocycles. The van der Waals surface area contributed by atoms with Crippen molar-refractivity contribution in [2.24, 2.45) is 12.2 Å². The summed E-state index contributed by atoms with van der Waals surface area (Å²) < 4.78 is 6.59. The molecule has 1 aromatic heterocycles. The summed E-state index contributed by atoms with van der Waals surface area (Å²) in [4.78, 5) is 20.2. The van der Waals surface area contributed by atoms with Crippen LogP contribution < -0.4 is 4.74 Å². The molecule has 0 fully saturated rings. The Morgan fingerprint density at radius 1 is 1.37 bits per heavy atom. The molecule has 0 bridgehead atoms. The van der Waals surface area contributed by atoms with Crippen LogP contribution in [0.25, 0.3) is 0 Å². The summed E-state index contributed by atoms with van der Waals surface area (Å²) in [6, 6.07) is 7.19. The molecule has 0 radical (unpaired) electrons. The third-order valence-electron chi connectivity index (χ3n) is 2.46. The van der Waals surface area contributed by atoms with E-state index in [0.29, 0.717) is 0 Å². The highest BCUT2D eigenvalue weighted by molar-refractivity contribution is 5.86. The molecule has 0 atom stereocenters. The van der Waals surface area contributed by atoms with Gasteiger partial charge in [0.25, 0.3) is 0 Å². The fraction of sp³-hybridized carbons (Fsp3) is 0.154. The molecule has 0 aliphatic heterocycles. The molecular weight excluding hydrogens is 246 g/mol. The van der Waals surface area contributed by atoms with Gasteiger partial charge >= 0.3 is 5.97 Å². The predicted octanol–water partition coefficient (Wildman–Crippen LogP) is 1.62. The molecule has 0 amide bonds. The summed E-state index contributed by atoms with van der Waals surface area (Å²) in [6.45, 7) is 0. The number of imidazole rings is 1. The molecule has 6 heteroatoms. The second kappa shape index (κ2) is 5.81. The van der Waals surface area contributed by atoms with Crippen molar-refractivity contribution in [1.82, 2.24) is 9.55 Å². The third-order valence-corrected chi connectivity index (χ3v) is 2.46. The monoisotopic (exact) mass is 259 g/mol. The van der Waals surface area contributed by atoms with Crippen LogP contribution in [0.2, 0.25) is 0 Å². The number of nitrogens with zero attached hydrogens (tertiary/aromatic N) is 3. The van der Waals surface area contributed by atoms with Gasteiger partial charge in [0, 0.05) is 19.4 Å². The summed E-state index contributed by atoms with van der Waals surface area (Å²) in [5.41, 5.74) is 0.799. The number of aryl methyl sites for hydroxylation is 1. The van der Waals surface area contributed by atoms with Gasteiger partial charge in [-0.1, -0.05) is 5.16 Å². The van der Waals surface area contributed by atoms with Gasteiger partial charge in [-0.15, -0.1) is 0 Å². The fourth-order valence-corrected chi connectivity index (χ4v) is 1.43. The zero-order chi connectivity index (χ0) is 13.7. The number of rotatable bonds is 4. The minimum atomic E-state index is -0.600. The highest BCUT2D eigenvalue weighted by Gasteiger charge is 2.11. The van der Waals surface area contributed by atoms with E-state index < -0.39 is 5.97 Å². The Hall–Kier alpha value is -2.63. The molecule has 0 N–H and O–H groups in total. The van der Waals surface area contributed by atoms with Crippen molar-refractivity contribution in [3.05, 3.63) is 48.0 Å². The van der Waals surface area contributed by atoms with Crippen LogP contribution in [0.1, 0.15) is 16.2 Å². The molecule has 0 saturated heterocycles. The Bertz CT molecular complexity index is 587. The molecule has 0 unspecified atom stereocenters. The van der Waals surface area contributed by atoms with Crippen LogP contribution in [-0.4, -0.2) is 28.8 Å². The van der Waals surface area contributed by atoms with E-state index >= 15 is 0 Å². The maximum absolute atomic E-state index is 11.6. The molecule has 0 aliphatic carbocycles. The number of methoxy groups -OCH3 is 1. The number of hydrogen-bond acceptors (Lipinski definition) is 5. The topological polar surface area (TPSA) is 65.7 Å². The van der Waals surface area contributed by atoms with Crippen LogP contribution in [0.5, 0.6) is 5.75 Å². The van der Waals surface area contributed by atoms with Gasteiger partial charge in [0.2, 0.25) is 5.82 Å².